The van der Waals surface area contributed by atoms with E-state index in [4.69, 9.17) is 11.6 Å². The molecule has 0 saturated carbocycles. The minimum Gasteiger partial charge on any atom is -0.325 e. The maximum absolute atomic E-state index is 13.1. The summed E-state index contributed by atoms with van der Waals surface area (Å²) in [6.45, 7) is 6.42. The Morgan fingerprint density at radius 2 is 1.91 bits per heavy atom. The van der Waals surface area contributed by atoms with Gasteiger partial charge in [-0.25, -0.2) is 17.7 Å². The molecule has 0 spiro atoms. The predicted octanol–water partition coefficient (Wildman–Crippen LogP) is 4.39. The number of carbonyl (C=O) groups is 1. The van der Waals surface area contributed by atoms with Crippen LogP contribution in [-0.4, -0.2) is 48.0 Å². The molecule has 8 nitrogen and oxygen atoms in total. The van der Waals surface area contributed by atoms with E-state index in [0.29, 0.717) is 39.2 Å². The molecule has 0 unspecified atom stereocenters. The molecular formula is C24H29ClN4O4S2. The second-order valence-corrected chi connectivity index (χ2v) is 12.3. The van der Waals surface area contributed by atoms with Crippen molar-refractivity contribution in [2.24, 2.45) is 5.92 Å². The van der Waals surface area contributed by atoms with Crippen molar-refractivity contribution in [2.75, 3.05) is 25.2 Å². The fraction of sp³-hybridized carbons (Fsp3) is 0.375. The first-order valence-electron chi connectivity index (χ1n) is 11.1. The summed E-state index contributed by atoms with van der Waals surface area (Å²) in [5.41, 5.74) is 1.44. The molecular weight excluding hydrogens is 508 g/mol. The van der Waals surface area contributed by atoms with E-state index in [1.807, 2.05) is 0 Å². The molecule has 1 heterocycles. The molecule has 2 aromatic carbocycles. The monoisotopic (exact) mass is 536 g/mol. The second kappa shape index (κ2) is 11.1. The molecule has 1 aromatic heterocycles. The Balaban J connectivity index is 1.86. The molecule has 0 aliphatic heterocycles. The Kier molecular flexibility index (Phi) is 8.63. The first kappa shape index (κ1) is 27.2. The standard InChI is InChI=1S/C24H29ClN4O4S2/c1-15(2)10-11-29-23(31)19-9-7-17(25)12-21(19)27-24(29)34-14-22(30)26-20-13-18(8-6-16(20)3)35(32,33)28(4)5/h6-9,12-13,15H,10-11,14H2,1-5H3,(H,26,30). The summed E-state index contributed by atoms with van der Waals surface area (Å²) >= 11 is 7.25. The van der Waals surface area contributed by atoms with Crippen LogP contribution in [0.1, 0.15) is 25.8 Å². The van der Waals surface area contributed by atoms with Gasteiger partial charge in [-0.2, -0.15) is 0 Å². The van der Waals surface area contributed by atoms with Crippen molar-refractivity contribution in [3.05, 3.63) is 57.3 Å². The first-order chi connectivity index (χ1) is 16.4. The molecule has 0 radical (unpaired) electrons. The number of nitrogens with zero attached hydrogens (tertiary/aromatic N) is 3. The maximum Gasteiger partial charge on any atom is 0.262 e. The van der Waals surface area contributed by atoms with Crippen LogP contribution in [0.5, 0.6) is 0 Å². The van der Waals surface area contributed by atoms with Crippen molar-refractivity contribution < 1.29 is 13.2 Å². The van der Waals surface area contributed by atoms with Crippen molar-refractivity contribution in [3.63, 3.8) is 0 Å². The van der Waals surface area contributed by atoms with Gasteiger partial charge in [0.25, 0.3) is 5.56 Å². The minimum atomic E-state index is -3.64. The van der Waals surface area contributed by atoms with Gasteiger partial charge in [-0.1, -0.05) is 43.3 Å². The Labute approximate surface area is 214 Å². The van der Waals surface area contributed by atoms with E-state index in [-0.39, 0.29) is 22.1 Å². The molecule has 35 heavy (non-hydrogen) atoms. The minimum absolute atomic E-state index is 0.00963. The van der Waals surface area contributed by atoms with E-state index < -0.39 is 10.0 Å². The van der Waals surface area contributed by atoms with Gasteiger partial charge in [0.15, 0.2) is 5.16 Å². The molecule has 0 saturated heterocycles. The zero-order chi connectivity index (χ0) is 25.9. The highest BCUT2D eigenvalue weighted by Gasteiger charge is 2.19. The number of aryl methyl sites for hydroxylation is 1. The molecule has 3 rings (SSSR count). The summed E-state index contributed by atoms with van der Waals surface area (Å²) in [6, 6.07) is 9.56. The number of carbonyl (C=O) groups excluding carboxylic acids is 1. The highest BCUT2D eigenvalue weighted by molar-refractivity contribution is 7.99. The second-order valence-electron chi connectivity index (χ2n) is 8.80. The number of benzene rings is 2. The molecule has 3 aromatic rings. The Hall–Kier alpha value is -2.40. The van der Waals surface area contributed by atoms with Crippen LogP contribution >= 0.6 is 23.4 Å². The largest absolute Gasteiger partial charge is 0.325 e. The third-order valence-corrected chi connectivity index (χ3v) is 8.43. The van der Waals surface area contributed by atoms with Gasteiger partial charge < -0.3 is 5.32 Å². The zero-order valence-corrected chi connectivity index (χ0v) is 22.7. The third kappa shape index (κ3) is 6.43. The van der Waals surface area contributed by atoms with Gasteiger partial charge in [0, 0.05) is 31.4 Å². The van der Waals surface area contributed by atoms with Crippen LogP contribution in [0.15, 0.2) is 51.2 Å². The summed E-state index contributed by atoms with van der Waals surface area (Å²) in [4.78, 5) is 30.6. The van der Waals surface area contributed by atoms with Crippen LogP contribution in [0.25, 0.3) is 10.9 Å². The first-order valence-corrected chi connectivity index (χ1v) is 13.9. The van der Waals surface area contributed by atoms with Crippen LogP contribution in [0.3, 0.4) is 0 Å². The van der Waals surface area contributed by atoms with Crippen LogP contribution in [0, 0.1) is 12.8 Å². The average molecular weight is 537 g/mol. The number of halogens is 1. The number of aromatic nitrogens is 2. The van der Waals surface area contributed by atoms with Gasteiger partial charge in [-0.15, -0.1) is 0 Å². The molecule has 0 aliphatic rings. The summed E-state index contributed by atoms with van der Waals surface area (Å²) in [6.07, 6.45) is 0.784. The number of amides is 1. The fourth-order valence-corrected chi connectivity index (χ4v) is 5.21. The molecule has 0 bridgehead atoms. The predicted molar refractivity (Wildman–Crippen MR) is 142 cm³/mol. The number of hydrogen-bond acceptors (Lipinski definition) is 6. The van der Waals surface area contributed by atoms with Crippen molar-refractivity contribution in [3.8, 4) is 0 Å². The molecule has 1 N–H and O–H groups in total. The van der Waals surface area contributed by atoms with Crippen LogP contribution in [-0.2, 0) is 21.4 Å². The quantitative estimate of drug-likeness (QED) is 0.321. The molecule has 0 atom stereocenters. The molecule has 188 valence electrons. The highest BCUT2D eigenvalue weighted by atomic mass is 35.5. The van der Waals surface area contributed by atoms with Gasteiger partial charge in [0.05, 0.1) is 21.6 Å². The summed E-state index contributed by atoms with van der Waals surface area (Å²) < 4.78 is 27.6. The lowest BCUT2D eigenvalue weighted by atomic mass is 10.1. The topological polar surface area (TPSA) is 101 Å². The molecule has 1 amide bonds. The number of hydrogen-bond donors (Lipinski definition) is 1. The molecule has 11 heteroatoms. The smallest absolute Gasteiger partial charge is 0.262 e. The number of nitrogens with one attached hydrogen (secondary N) is 1. The van der Waals surface area contributed by atoms with E-state index in [0.717, 1.165) is 28.1 Å². The van der Waals surface area contributed by atoms with Crippen LogP contribution < -0.4 is 10.9 Å². The number of anilines is 1. The van der Waals surface area contributed by atoms with E-state index >= 15 is 0 Å². The lowest BCUT2D eigenvalue weighted by Crippen LogP contribution is -2.25. The Bertz CT molecular complexity index is 1420. The van der Waals surface area contributed by atoms with Crippen LogP contribution in [0.2, 0.25) is 5.02 Å². The van der Waals surface area contributed by atoms with Crippen molar-refractivity contribution in [1.29, 1.82) is 0 Å². The number of thioether (sulfide) groups is 1. The maximum atomic E-state index is 13.1. The van der Waals surface area contributed by atoms with Crippen molar-refractivity contribution >= 4 is 55.9 Å². The summed E-state index contributed by atoms with van der Waals surface area (Å²) in [5, 5.41) is 4.16. The normalized spacial score (nSPS) is 12.0. The number of fused-ring (bicyclic) bond motifs is 1. The molecule has 0 aliphatic carbocycles. The van der Waals surface area contributed by atoms with E-state index in [1.54, 1.807) is 35.8 Å². The fourth-order valence-electron chi connectivity index (χ4n) is 3.29. The Morgan fingerprint density at radius 3 is 2.57 bits per heavy atom. The van der Waals surface area contributed by atoms with Gasteiger partial charge in [0.2, 0.25) is 15.9 Å². The van der Waals surface area contributed by atoms with E-state index in [1.165, 1.54) is 26.2 Å². The van der Waals surface area contributed by atoms with E-state index in [9.17, 15) is 18.0 Å². The van der Waals surface area contributed by atoms with Crippen molar-refractivity contribution in [1.82, 2.24) is 13.9 Å². The zero-order valence-electron chi connectivity index (χ0n) is 20.3. The SMILES string of the molecule is Cc1ccc(S(=O)(=O)N(C)C)cc1NC(=O)CSc1nc2cc(Cl)ccc2c(=O)n1CCC(C)C. The highest BCUT2D eigenvalue weighted by Crippen LogP contribution is 2.24. The summed E-state index contributed by atoms with van der Waals surface area (Å²) in [5.74, 6) is 0.0376. The third-order valence-electron chi connectivity index (χ3n) is 5.41. The van der Waals surface area contributed by atoms with Crippen LogP contribution in [0.4, 0.5) is 5.69 Å². The van der Waals surface area contributed by atoms with E-state index in [2.05, 4.69) is 24.1 Å². The van der Waals surface area contributed by atoms with Gasteiger partial charge in [-0.05, 0) is 55.2 Å². The molecule has 0 fully saturated rings. The average Bonchev–Trinajstić information content (AvgIpc) is 2.78. The van der Waals surface area contributed by atoms with Crippen molar-refractivity contribution in [2.45, 2.75) is 43.8 Å². The van der Waals surface area contributed by atoms with Gasteiger partial charge in [-0.3, -0.25) is 14.2 Å². The lowest BCUT2D eigenvalue weighted by Gasteiger charge is -2.15. The van der Waals surface area contributed by atoms with Gasteiger partial charge >= 0.3 is 0 Å². The van der Waals surface area contributed by atoms with Gasteiger partial charge in [0.1, 0.15) is 0 Å². The number of sulfonamides is 1. The Morgan fingerprint density at radius 1 is 1.20 bits per heavy atom. The lowest BCUT2D eigenvalue weighted by molar-refractivity contribution is -0.113. The number of rotatable bonds is 9. The summed E-state index contributed by atoms with van der Waals surface area (Å²) in [7, 11) is -0.735.